The molecule has 14 heavy (non-hydrogen) atoms. The van der Waals surface area contributed by atoms with Gasteiger partial charge in [0.05, 0.1) is 5.39 Å². The first-order valence-corrected chi connectivity index (χ1v) is 3.95. The van der Waals surface area contributed by atoms with Crippen molar-refractivity contribution in [1.29, 1.82) is 5.26 Å². The second-order valence-electron chi connectivity index (χ2n) is 2.81. The smallest absolute Gasteiger partial charge is 0.267 e. The Balaban J connectivity index is 3.07. The fourth-order valence-corrected chi connectivity index (χ4v) is 1.28. The molecule has 0 spiro atoms. The van der Waals surface area contributed by atoms with Gasteiger partial charge in [-0.3, -0.25) is 9.78 Å². The molecule has 68 valence electrons. The number of pyridine rings is 1. The van der Waals surface area contributed by atoms with Gasteiger partial charge in [-0.25, -0.2) is 4.68 Å². The van der Waals surface area contributed by atoms with Crippen molar-refractivity contribution in [3.63, 3.8) is 0 Å². The molecule has 0 aliphatic rings. The van der Waals surface area contributed by atoms with Gasteiger partial charge < -0.3 is 0 Å². The van der Waals surface area contributed by atoms with Gasteiger partial charge in [0, 0.05) is 24.8 Å². The Morgan fingerprint density at radius 3 is 3.00 bits per heavy atom. The van der Waals surface area contributed by atoms with Crippen molar-refractivity contribution in [2.45, 2.75) is 0 Å². The van der Waals surface area contributed by atoms with Crippen LogP contribution in [0, 0.1) is 11.3 Å². The number of fused-ring (bicyclic) bond motifs is 1. The summed E-state index contributed by atoms with van der Waals surface area (Å²) in [5, 5.41) is 13.6. The molecule has 0 aliphatic heterocycles. The summed E-state index contributed by atoms with van der Waals surface area (Å²) in [6.07, 6.45) is 2.99. The van der Waals surface area contributed by atoms with Crippen LogP contribution in [0.5, 0.6) is 0 Å². The zero-order valence-electron chi connectivity index (χ0n) is 7.43. The van der Waals surface area contributed by atoms with E-state index >= 15 is 0 Å². The number of aromatic nitrogens is 3. The summed E-state index contributed by atoms with van der Waals surface area (Å²) < 4.78 is 1.15. The lowest BCUT2D eigenvalue weighted by molar-refractivity contribution is 0.712. The van der Waals surface area contributed by atoms with E-state index in [0.29, 0.717) is 10.8 Å². The van der Waals surface area contributed by atoms with Gasteiger partial charge in [-0.05, 0) is 6.07 Å². The number of hydrogen-bond acceptors (Lipinski definition) is 4. The van der Waals surface area contributed by atoms with Crippen molar-refractivity contribution in [3.05, 3.63) is 34.5 Å². The fourth-order valence-electron chi connectivity index (χ4n) is 1.28. The molecule has 2 aromatic heterocycles. The Morgan fingerprint density at radius 1 is 1.50 bits per heavy atom. The van der Waals surface area contributed by atoms with Gasteiger partial charge in [0.25, 0.3) is 5.56 Å². The van der Waals surface area contributed by atoms with E-state index < -0.39 is 0 Å². The lowest BCUT2D eigenvalue weighted by Crippen LogP contribution is -2.20. The van der Waals surface area contributed by atoms with E-state index in [2.05, 4.69) is 10.1 Å². The van der Waals surface area contributed by atoms with Crippen LogP contribution in [0.4, 0.5) is 0 Å². The van der Waals surface area contributed by atoms with Gasteiger partial charge in [-0.1, -0.05) is 0 Å². The highest BCUT2D eigenvalue weighted by molar-refractivity contribution is 5.84. The van der Waals surface area contributed by atoms with Crippen LogP contribution in [0.3, 0.4) is 0 Å². The van der Waals surface area contributed by atoms with Crippen molar-refractivity contribution in [2.24, 2.45) is 7.05 Å². The zero-order valence-corrected chi connectivity index (χ0v) is 7.43. The predicted molar refractivity (Wildman–Crippen MR) is 49.5 cm³/mol. The summed E-state index contributed by atoms with van der Waals surface area (Å²) in [5.74, 6) is 0. The molecule has 0 amide bonds. The van der Waals surface area contributed by atoms with Crippen molar-refractivity contribution in [3.8, 4) is 6.07 Å². The van der Waals surface area contributed by atoms with Crippen LogP contribution in [-0.4, -0.2) is 14.8 Å². The summed E-state index contributed by atoms with van der Waals surface area (Å²) >= 11 is 0. The molecule has 0 atom stereocenters. The van der Waals surface area contributed by atoms with Gasteiger partial charge in [-0.15, -0.1) is 0 Å². The molecule has 5 heteroatoms. The lowest BCUT2D eigenvalue weighted by atomic mass is 10.2. The van der Waals surface area contributed by atoms with Gasteiger partial charge >= 0.3 is 0 Å². The predicted octanol–water partition coefficient (Wildman–Crippen LogP) is 0.200. The quantitative estimate of drug-likeness (QED) is 0.589. The highest BCUT2D eigenvalue weighted by Crippen LogP contribution is 2.09. The third kappa shape index (κ3) is 1.05. The minimum atomic E-state index is -0.221. The number of aryl methyl sites for hydroxylation is 1. The summed E-state index contributed by atoms with van der Waals surface area (Å²) in [6.45, 7) is 0. The molecule has 0 fully saturated rings. The Kier molecular flexibility index (Phi) is 1.75. The second kappa shape index (κ2) is 2.92. The standard InChI is InChI=1S/C9H6N4O/c1-13-9(14)6-2-3-11-5-7(6)8(4-10)12-13/h2-3,5H,1H3. The minimum absolute atomic E-state index is 0.218. The SMILES string of the molecule is Cn1nc(C#N)c2cnccc2c1=O. The van der Waals surface area contributed by atoms with Gasteiger partial charge in [0.1, 0.15) is 6.07 Å². The van der Waals surface area contributed by atoms with Gasteiger partial charge in [-0.2, -0.15) is 10.4 Å². The van der Waals surface area contributed by atoms with Gasteiger partial charge in [0.2, 0.25) is 0 Å². The highest BCUT2D eigenvalue weighted by Gasteiger charge is 2.06. The average molecular weight is 186 g/mol. The molecule has 0 N–H and O–H groups in total. The topological polar surface area (TPSA) is 71.6 Å². The summed E-state index contributed by atoms with van der Waals surface area (Å²) in [4.78, 5) is 15.4. The molecule has 0 aromatic carbocycles. The lowest BCUT2D eigenvalue weighted by Gasteiger charge is -2.00. The third-order valence-electron chi connectivity index (χ3n) is 1.96. The van der Waals surface area contributed by atoms with Crippen LogP contribution >= 0.6 is 0 Å². The van der Waals surface area contributed by atoms with Crippen molar-refractivity contribution < 1.29 is 0 Å². The minimum Gasteiger partial charge on any atom is -0.267 e. The number of nitrogens with zero attached hydrogens (tertiary/aromatic N) is 4. The van der Waals surface area contributed by atoms with Crippen LogP contribution in [0.1, 0.15) is 5.69 Å². The van der Waals surface area contributed by atoms with Crippen molar-refractivity contribution >= 4 is 10.8 Å². The summed E-state index contributed by atoms with van der Waals surface area (Å²) in [7, 11) is 1.52. The fraction of sp³-hybridized carbons (Fsp3) is 0.111. The van der Waals surface area contributed by atoms with E-state index in [0.717, 1.165) is 4.68 Å². The maximum Gasteiger partial charge on any atom is 0.274 e. The molecule has 0 aliphatic carbocycles. The van der Waals surface area contributed by atoms with E-state index in [9.17, 15) is 4.79 Å². The highest BCUT2D eigenvalue weighted by atomic mass is 16.1. The first-order chi connectivity index (χ1) is 6.74. The monoisotopic (exact) mass is 186 g/mol. The summed E-state index contributed by atoms with van der Waals surface area (Å²) in [5.41, 5.74) is -0.00315. The third-order valence-corrected chi connectivity index (χ3v) is 1.96. The van der Waals surface area contributed by atoms with E-state index in [4.69, 9.17) is 5.26 Å². The number of rotatable bonds is 0. The van der Waals surface area contributed by atoms with Crippen molar-refractivity contribution in [2.75, 3.05) is 0 Å². The maximum absolute atomic E-state index is 11.6. The molecule has 0 saturated carbocycles. The zero-order chi connectivity index (χ0) is 10.1. The average Bonchev–Trinajstić information content (AvgIpc) is 2.23. The van der Waals surface area contributed by atoms with E-state index in [1.165, 1.54) is 19.4 Å². The van der Waals surface area contributed by atoms with E-state index in [1.807, 2.05) is 6.07 Å². The molecular formula is C9H6N4O. The molecule has 2 heterocycles. The molecule has 5 nitrogen and oxygen atoms in total. The molecular weight excluding hydrogens is 180 g/mol. The van der Waals surface area contributed by atoms with E-state index in [1.54, 1.807) is 6.07 Å². The van der Waals surface area contributed by atoms with Crippen molar-refractivity contribution in [1.82, 2.24) is 14.8 Å². The second-order valence-corrected chi connectivity index (χ2v) is 2.81. The van der Waals surface area contributed by atoms with Gasteiger partial charge in [0.15, 0.2) is 5.69 Å². The normalized spacial score (nSPS) is 10.0. The molecule has 0 bridgehead atoms. The number of nitriles is 1. The Bertz CT molecular complexity index is 594. The molecule has 2 aromatic rings. The Hall–Kier alpha value is -2.22. The first-order valence-electron chi connectivity index (χ1n) is 3.95. The molecule has 0 radical (unpaired) electrons. The molecule has 2 rings (SSSR count). The number of hydrogen-bond donors (Lipinski definition) is 0. The van der Waals surface area contributed by atoms with Crippen LogP contribution < -0.4 is 5.56 Å². The van der Waals surface area contributed by atoms with Crippen LogP contribution in [0.25, 0.3) is 10.8 Å². The van der Waals surface area contributed by atoms with Crippen LogP contribution in [-0.2, 0) is 7.05 Å². The maximum atomic E-state index is 11.6. The van der Waals surface area contributed by atoms with Crippen LogP contribution in [0.15, 0.2) is 23.3 Å². The molecule has 0 unspecified atom stereocenters. The first kappa shape index (κ1) is 8.38. The summed E-state index contributed by atoms with van der Waals surface area (Å²) in [6, 6.07) is 3.51. The van der Waals surface area contributed by atoms with E-state index in [-0.39, 0.29) is 11.3 Å². The molecule has 0 saturated heterocycles. The Morgan fingerprint density at radius 2 is 2.29 bits per heavy atom. The largest absolute Gasteiger partial charge is 0.274 e. The van der Waals surface area contributed by atoms with Crippen LogP contribution in [0.2, 0.25) is 0 Å². The Labute approximate surface area is 79.2 Å².